The van der Waals surface area contributed by atoms with Gasteiger partial charge in [0.25, 0.3) is 0 Å². The standard InChI is InChI=1S/C19H20N6OS/c1-11-7-8-15-12(2)21-18(23-16(15)9-11)24-17(20)25-19(27)22-13-5-4-6-14(10-13)26-3/h4-10H,1-3H3,(H4,20,21,22,23,24,25,27). The van der Waals surface area contributed by atoms with Gasteiger partial charge in [-0.15, -0.1) is 0 Å². The highest BCUT2D eigenvalue weighted by Gasteiger charge is 2.06. The van der Waals surface area contributed by atoms with Crippen LogP contribution < -0.4 is 21.1 Å². The number of thiocarbonyl (C=S) groups is 1. The number of nitrogens with zero attached hydrogens (tertiary/aromatic N) is 3. The fourth-order valence-electron chi connectivity index (χ4n) is 2.56. The van der Waals surface area contributed by atoms with Crippen molar-refractivity contribution in [3.8, 4) is 5.75 Å². The molecule has 138 valence electrons. The Bertz CT molecular complexity index is 1030. The molecule has 7 nitrogen and oxygen atoms in total. The number of methoxy groups -OCH3 is 1. The minimum absolute atomic E-state index is 0.0989. The molecular formula is C19H20N6OS. The summed E-state index contributed by atoms with van der Waals surface area (Å²) in [6, 6.07) is 13.4. The van der Waals surface area contributed by atoms with Crippen LogP contribution in [0.15, 0.2) is 47.5 Å². The van der Waals surface area contributed by atoms with E-state index in [-0.39, 0.29) is 11.1 Å². The Morgan fingerprint density at radius 1 is 1.11 bits per heavy atom. The zero-order valence-corrected chi connectivity index (χ0v) is 16.1. The van der Waals surface area contributed by atoms with Crippen LogP contribution in [0.5, 0.6) is 5.75 Å². The van der Waals surface area contributed by atoms with Gasteiger partial charge in [-0.05, 0) is 49.8 Å². The minimum Gasteiger partial charge on any atom is -0.497 e. The van der Waals surface area contributed by atoms with Gasteiger partial charge in [0, 0.05) is 17.1 Å². The molecule has 0 atom stereocenters. The van der Waals surface area contributed by atoms with E-state index < -0.39 is 0 Å². The summed E-state index contributed by atoms with van der Waals surface area (Å²) in [5, 5.41) is 7.08. The Balaban J connectivity index is 1.74. The van der Waals surface area contributed by atoms with Crippen LogP contribution in [0.2, 0.25) is 0 Å². The third kappa shape index (κ3) is 4.68. The lowest BCUT2D eigenvalue weighted by atomic mass is 10.1. The molecule has 3 rings (SSSR count). The number of hydrogen-bond acceptors (Lipinski definition) is 4. The van der Waals surface area contributed by atoms with E-state index in [0.717, 1.165) is 27.8 Å². The Hall–Kier alpha value is -3.26. The number of nitrogens with two attached hydrogens (primary N) is 1. The van der Waals surface area contributed by atoms with E-state index >= 15 is 0 Å². The zero-order valence-electron chi connectivity index (χ0n) is 15.3. The van der Waals surface area contributed by atoms with E-state index in [1.54, 1.807) is 7.11 Å². The minimum atomic E-state index is 0.0989. The number of aromatic nitrogens is 2. The lowest BCUT2D eigenvalue weighted by Crippen LogP contribution is -2.26. The number of aryl methyl sites for hydroxylation is 2. The first kappa shape index (κ1) is 18.5. The van der Waals surface area contributed by atoms with Crippen molar-refractivity contribution in [1.82, 2.24) is 9.97 Å². The maximum absolute atomic E-state index is 5.95. The zero-order chi connectivity index (χ0) is 19.4. The van der Waals surface area contributed by atoms with Crippen LogP contribution in [0.3, 0.4) is 0 Å². The number of anilines is 2. The Morgan fingerprint density at radius 2 is 1.93 bits per heavy atom. The van der Waals surface area contributed by atoms with Crippen LogP contribution in [0, 0.1) is 13.8 Å². The highest BCUT2D eigenvalue weighted by atomic mass is 32.1. The van der Waals surface area contributed by atoms with Gasteiger partial charge in [0.1, 0.15) is 5.75 Å². The van der Waals surface area contributed by atoms with Gasteiger partial charge < -0.3 is 15.8 Å². The van der Waals surface area contributed by atoms with Gasteiger partial charge in [0.05, 0.1) is 18.3 Å². The number of benzene rings is 2. The lowest BCUT2D eigenvalue weighted by molar-refractivity contribution is 0.415. The van der Waals surface area contributed by atoms with Crippen molar-refractivity contribution < 1.29 is 4.74 Å². The van der Waals surface area contributed by atoms with Crippen LogP contribution in [0.1, 0.15) is 11.3 Å². The Labute approximate surface area is 162 Å². The summed E-state index contributed by atoms with van der Waals surface area (Å²) in [7, 11) is 1.60. The van der Waals surface area contributed by atoms with Crippen molar-refractivity contribution in [2.75, 3.05) is 17.7 Å². The summed E-state index contributed by atoms with van der Waals surface area (Å²) >= 11 is 5.23. The molecule has 0 aliphatic heterocycles. The predicted molar refractivity (Wildman–Crippen MR) is 113 cm³/mol. The van der Waals surface area contributed by atoms with Gasteiger partial charge in [-0.2, -0.15) is 4.99 Å². The van der Waals surface area contributed by atoms with E-state index in [2.05, 4.69) is 25.6 Å². The van der Waals surface area contributed by atoms with Gasteiger partial charge in [0.2, 0.25) is 17.0 Å². The average molecular weight is 380 g/mol. The fourth-order valence-corrected chi connectivity index (χ4v) is 2.77. The number of aliphatic imine (C=N–C) groups is 1. The number of nitrogens with one attached hydrogen (secondary N) is 2. The number of rotatable bonds is 3. The molecule has 0 bridgehead atoms. The summed E-state index contributed by atoms with van der Waals surface area (Å²) in [5.41, 5.74) is 9.52. The highest BCUT2D eigenvalue weighted by molar-refractivity contribution is 7.80. The molecule has 0 radical (unpaired) electrons. The molecule has 8 heteroatoms. The third-order valence-electron chi connectivity index (χ3n) is 3.83. The molecule has 0 fully saturated rings. The maximum atomic E-state index is 5.95. The van der Waals surface area contributed by atoms with E-state index in [1.165, 1.54) is 0 Å². The largest absolute Gasteiger partial charge is 0.497 e. The molecule has 1 aromatic heterocycles. The first-order chi connectivity index (χ1) is 12.9. The van der Waals surface area contributed by atoms with Crippen LogP contribution in [0.4, 0.5) is 11.6 Å². The second-order valence-electron chi connectivity index (χ2n) is 5.94. The summed E-state index contributed by atoms with van der Waals surface area (Å²) in [4.78, 5) is 13.0. The van der Waals surface area contributed by atoms with Crippen LogP contribution in [0.25, 0.3) is 10.9 Å². The molecule has 3 aromatic rings. The molecular weight excluding hydrogens is 360 g/mol. The molecule has 27 heavy (non-hydrogen) atoms. The molecule has 4 N–H and O–H groups in total. The smallest absolute Gasteiger partial charge is 0.230 e. The molecule has 0 saturated carbocycles. The first-order valence-corrected chi connectivity index (χ1v) is 8.66. The molecule has 0 aliphatic rings. The van der Waals surface area contributed by atoms with Crippen molar-refractivity contribution in [1.29, 1.82) is 0 Å². The number of ether oxygens (including phenoxy) is 1. The summed E-state index contributed by atoms with van der Waals surface area (Å²) in [6.45, 7) is 3.94. The Kier molecular flexibility index (Phi) is 5.46. The lowest BCUT2D eigenvalue weighted by Gasteiger charge is -2.09. The second kappa shape index (κ2) is 7.96. The maximum Gasteiger partial charge on any atom is 0.230 e. The van der Waals surface area contributed by atoms with Crippen molar-refractivity contribution >= 4 is 45.8 Å². The molecule has 0 aliphatic carbocycles. The highest BCUT2D eigenvalue weighted by Crippen LogP contribution is 2.19. The third-order valence-corrected chi connectivity index (χ3v) is 4.02. The first-order valence-electron chi connectivity index (χ1n) is 8.26. The van der Waals surface area contributed by atoms with Gasteiger partial charge in [-0.1, -0.05) is 18.2 Å². The van der Waals surface area contributed by atoms with Gasteiger partial charge in [-0.3, -0.25) is 5.32 Å². The normalized spacial score (nSPS) is 11.3. The van der Waals surface area contributed by atoms with Crippen molar-refractivity contribution in [2.45, 2.75) is 13.8 Å². The SMILES string of the molecule is COc1cccc(NC(=S)/N=C(\N)Nc2nc(C)c3ccc(C)cc3n2)c1. The molecule has 0 unspecified atom stereocenters. The van der Waals surface area contributed by atoms with Crippen molar-refractivity contribution in [3.63, 3.8) is 0 Å². The van der Waals surface area contributed by atoms with E-state index in [4.69, 9.17) is 22.7 Å². The van der Waals surface area contributed by atoms with E-state index in [9.17, 15) is 0 Å². The molecule has 2 aromatic carbocycles. The predicted octanol–water partition coefficient (Wildman–Crippen LogP) is 3.38. The van der Waals surface area contributed by atoms with Gasteiger partial charge >= 0.3 is 0 Å². The fraction of sp³-hybridized carbons (Fsp3) is 0.158. The number of guanidine groups is 1. The van der Waals surface area contributed by atoms with Gasteiger partial charge in [0.15, 0.2) is 0 Å². The van der Waals surface area contributed by atoms with Crippen molar-refractivity contribution in [3.05, 3.63) is 53.7 Å². The summed E-state index contributed by atoms with van der Waals surface area (Å²) < 4.78 is 5.18. The quantitative estimate of drug-likeness (QED) is 0.364. The van der Waals surface area contributed by atoms with Crippen LogP contribution in [-0.4, -0.2) is 28.1 Å². The van der Waals surface area contributed by atoms with Crippen molar-refractivity contribution in [2.24, 2.45) is 10.7 Å². The monoisotopic (exact) mass is 380 g/mol. The van der Waals surface area contributed by atoms with Crippen LogP contribution >= 0.6 is 12.2 Å². The summed E-state index contributed by atoms with van der Waals surface area (Å²) in [5.74, 6) is 1.19. The van der Waals surface area contributed by atoms with E-state index in [0.29, 0.717) is 11.7 Å². The Morgan fingerprint density at radius 3 is 2.70 bits per heavy atom. The van der Waals surface area contributed by atoms with Crippen LogP contribution in [-0.2, 0) is 0 Å². The molecule has 1 heterocycles. The number of hydrogen-bond donors (Lipinski definition) is 3. The molecule has 0 spiro atoms. The second-order valence-corrected chi connectivity index (χ2v) is 6.32. The van der Waals surface area contributed by atoms with Gasteiger partial charge in [-0.25, -0.2) is 9.97 Å². The topological polar surface area (TPSA) is 97.5 Å². The number of fused-ring (bicyclic) bond motifs is 1. The van der Waals surface area contributed by atoms with E-state index in [1.807, 2.05) is 56.3 Å². The molecule has 0 saturated heterocycles. The average Bonchev–Trinajstić information content (AvgIpc) is 2.61. The molecule has 0 amide bonds. The summed E-state index contributed by atoms with van der Waals surface area (Å²) in [6.07, 6.45) is 0.